The quantitative estimate of drug-likeness (QED) is 0.848. The van der Waals surface area contributed by atoms with Crippen LogP contribution < -0.4 is 4.74 Å². The van der Waals surface area contributed by atoms with Gasteiger partial charge in [0.25, 0.3) is 0 Å². The standard InChI is InChI=1S/C17H22FN3O2/c1-12(2)17-13-9-14(18)16(10-15(13)19-11-20-17)23-8-5-21-3-6-22-7-4-21/h9-12H,3-8H2,1-2H3. The largest absolute Gasteiger partial charge is 0.489 e. The van der Waals surface area contributed by atoms with Crippen LogP contribution in [-0.4, -0.2) is 54.3 Å². The van der Waals surface area contributed by atoms with Crippen LogP contribution in [0.5, 0.6) is 5.75 Å². The summed E-state index contributed by atoms with van der Waals surface area (Å²) in [5.41, 5.74) is 1.57. The lowest BCUT2D eigenvalue weighted by atomic mass is 10.0. The van der Waals surface area contributed by atoms with E-state index in [1.165, 1.54) is 12.4 Å². The number of hydrogen-bond donors (Lipinski definition) is 0. The fourth-order valence-electron chi connectivity index (χ4n) is 2.76. The van der Waals surface area contributed by atoms with Gasteiger partial charge in [0.2, 0.25) is 0 Å². The molecule has 0 saturated carbocycles. The van der Waals surface area contributed by atoms with Crippen LogP contribution in [0.3, 0.4) is 0 Å². The van der Waals surface area contributed by atoms with E-state index in [-0.39, 0.29) is 17.5 Å². The number of ether oxygens (including phenoxy) is 2. The highest BCUT2D eigenvalue weighted by Crippen LogP contribution is 2.28. The molecule has 1 fully saturated rings. The second-order valence-electron chi connectivity index (χ2n) is 6.02. The first-order valence-electron chi connectivity index (χ1n) is 8.02. The van der Waals surface area contributed by atoms with Gasteiger partial charge in [0.15, 0.2) is 11.6 Å². The third kappa shape index (κ3) is 3.76. The molecule has 124 valence electrons. The predicted octanol–water partition coefficient (Wildman–Crippen LogP) is 2.60. The number of aromatic nitrogens is 2. The van der Waals surface area contributed by atoms with Crippen molar-refractivity contribution in [2.24, 2.45) is 0 Å². The summed E-state index contributed by atoms with van der Waals surface area (Å²) in [7, 11) is 0. The normalized spacial score (nSPS) is 16.2. The Kier molecular flexibility index (Phi) is 5.03. The molecule has 0 atom stereocenters. The second kappa shape index (κ2) is 7.19. The van der Waals surface area contributed by atoms with Crippen molar-refractivity contribution in [3.05, 3.63) is 30.0 Å². The molecule has 1 aliphatic heterocycles. The van der Waals surface area contributed by atoms with Crippen LogP contribution >= 0.6 is 0 Å². The molecule has 0 unspecified atom stereocenters. The summed E-state index contributed by atoms with van der Waals surface area (Å²) in [5.74, 6) is 0.100. The Labute approximate surface area is 135 Å². The van der Waals surface area contributed by atoms with Gasteiger partial charge < -0.3 is 9.47 Å². The summed E-state index contributed by atoms with van der Waals surface area (Å²) in [4.78, 5) is 10.8. The second-order valence-corrected chi connectivity index (χ2v) is 6.02. The molecule has 0 amide bonds. The molecule has 0 bridgehead atoms. The van der Waals surface area contributed by atoms with E-state index in [0.717, 1.165) is 43.9 Å². The highest BCUT2D eigenvalue weighted by molar-refractivity contribution is 5.82. The molecule has 0 N–H and O–H groups in total. The SMILES string of the molecule is CC(C)c1ncnc2cc(OCCN3CCOCC3)c(F)cc12. The highest BCUT2D eigenvalue weighted by Gasteiger charge is 2.14. The van der Waals surface area contributed by atoms with Crippen LogP contribution in [0.4, 0.5) is 4.39 Å². The minimum absolute atomic E-state index is 0.216. The maximum Gasteiger partial charge on any atom is 0.165 e. The number of morpholine rings is 1. The molecule has 0 spiro atoms. The van der Waals surface area contributed by atoms with Crippen LogP contribution in [-0.2, 0) is 4.74 Å². The molecule has 3 rings (SSSR count). The number of fused-ring (bicyclic) bond motifs is 1. The first-order valence-corrected chi connectivity index (χ1v) is 8.02. The van der Waals surface area contributed by atoms with E-state index in [1.807, 2.05) is 13.8 Å². The van der Waals surface area contributed by atoms with Crippen LogP contribution in [0.2, 0.25) is 0 Å². The van der Waals surface area contributed by atoms with Crippen LogP contribution in [0.15, 0.2) is 18.5 Å². The van der Waals surface area contributed by atoms with E-state index in [9.17, 15) is 4.39 Å². The molecule has 1 aliphatic rings. The predicted molar refractivity (Wildman–Crippen MR) is 86.3 cm³/mol. The van der Waals surface area contributed by atoms with Crippen molar-refractivity contribution in [1.82, 2.24) is 14.9 Å². The van der Waals surface area contributed by atoms with Gasteiger partial charge >= 0.3 is 0 Å². The zero-order chi connectivity index (χ0) is 16.2. The molecule has 1 aromatic carbocycles. The lowest BCUT2D eigenvalue weighted by Gasteiger charge is -2.26. The Balaban J connectivity index is 1.72. The number of halogens is 1. The summed E-state index contributed by atoms with van der Waals surface area (Å²) in [6, 6.07) is 3.15. The van der Waals surface area contributed by atoms with Gasteiger partial charge in [-0.05, 0) is 12.0 Å². The summed E-state index contributed by atoms with van der Waals surface area (Å²) >= 11 is 0. The van der Waals surface area contributed by atoms with E-state index < -0.39 is 0 Å². The van der Waals surface area contributed by atoms with Gasteiger partial charge in [-0.25, -0.2) is 14.4 Å². The Morgan fingerprint density at radius 1 is 1.26 bits per heavy atom. The molecule has 1 saturated heterocycles. The van der Waals surface area contributed by atoms with E-state index in [4.69, 9.17) is 9.47 Å². The molecule has 6 heteroatoms. The van der Waals surface area contributed by atoms with Gasteiger partial charge in [0.1, 0.15) is 12.9 Å². The third-order valence-electron chi connectivity index (χ3n) is 4.04. The van der Waals surface area contributed by atoms with E-state index in [1.54, 1.807) is 6.07 Å². The van der Waals surface area contributed by atoms with Crippen molar-refractivity contribution in [3.63, 3.8) is 0 Å². The molecule has 1 aromatic heterocycles. The molecular weight excluding hydrogens is 297 g/mol. The van der Waals surface area contributed by atoms with Gasteiger partial charge in [-0.1, -0.05) is 13.8 Å². The van der Waals surface area contributed by atoms with Crippen molar-refractivity contribution in [2.75, 3.05) is 39.5 Å². The Morgan fingerprint density at radius 2 is 2.04 bits per heavy atom. The van der Waals surface area contributed by atoms with Crippen molar-refractivity contribution < 1.29 is 13.9 Å². The van der Waals surface area contributed by atoms with Crippen molar-refractivity contribution in [3.8, 4) is 5.75 Å². The van der Waals surface area contributed by atoms with Crippen molar-refractivity contribution >= 4 is 10.9 Å². The molecular formula is C17H22FN3O2. The van der Waals surface area contributed by atoms with Gasteiger partial charge in [0.05, 0.1) is 24.4 Å². The monoisotopic (exact) mass is 319 g/mol. The summed E-state index contributed by atoms with van der Waals surface area (Å²) in [5, 5.41) is 0.750. The fraction of sp³-hybridized carbons (Fsp3) is 0.529. The smallest absolute Gasteiger partial charge is 0.165 e. The van der Waals surface area contributed by atoms with Gasteiger partial charge in [-0.15, -0.1) is 0 Å². The molecule has 2 heterocycles. The van der Waals surface area contributed by atoms with E-state index >= 15 is 0 Å². The Hall–Kier alpha value is -1.79. The minimum atomic E-state index is -0.365. The molecule has 0 radical (unpaired) electrons. The zero-order valence-corrected chi connectivity index (χ0v) is 13.6. The molecule has 2 aromatic rings. The molecule has 5 nitrogen and oxygen atoms in total. The average Bonchev–Trinajstić information content (AvgIpc) is 2.55. The molecule has 23 heavy (non-hydrogen) atoms. The molecule has 0 aliphatic carbocycles. The van der Waals surface area contributed by atoms with E-state index in [0.29, 0.717) is 12.1 Å². The summed E-state index contributed by atoms with van der Waals surface area (Å²) in [6.45, 7) is 8.58. The number of rotatable bonds is 5. The van der Waals surface area contributed by atoms with Crippen LogP contribution in [0, 0.1) is 5.82 Å². The highest BCUT2D eigenvalue weighted by atomic mass is 19.1. The summed E-state index contributed by atoms with van der Waals surface area (Å²) < 4.78 is 25.2. The fourth-order valence-corrected chi connectivity index (χ4v) is 2.76. The number of nitrogens with zero attached hydrogens (tertiary/aromatic N) is 3. The first kappa shape index (κ1) is 16.1. The minimum Gasteiger partial charge on any atom is -0.489 e. The van der Waals surface area contributed by atoms with Crippen molar-refractivity contribution in [1.29, 1.82) is 0 Å². The van der Waals surface area contributed by atoms with Crippen molar-refractivity contribution in [2.45, 2.75) is 19.8 Å². The third-order valence-corrected chi connectivity index (χ3v) is 4.04. The zero-order valence-electron chi connectivity index (χ0n) is 13.6. The lowest BCUT2D eigenvalue weighted by molar-refractivity contribution is 0.0320. The van der Waals surface area contributed by atoms with Crippen LogP contribution in [0.1, 0.15) is 25.5 Å². The maximum absolute atomic E-state index is 14.3. The van der Waals surface area contributed by atoms with Gasteiger partial charge in [-0.2, -0.15) is 0 Å². The Bertz CT molecular complexity index is 672. The summed E-state index contributed by atoms with van der Waals surface area (Å²) in [6.07, 6.45) is 1.52. The van der Waals surface area contributed by atoms with Gasteiger partial charge in [-0.3, -0.25) is 4.90 Å². The number of benzene rings is 1. The van der Waals surface area contributed by atoms with E-state index in [2.05, 4.69) is 14.9 Å². The van der Waals surface area contributed by atoms with Gasteiger partial charge in [0, 0.05) is 31.1 Å². The topological polar surface area (TPSA) is 47.5 Å². The number of hydrogen-bond acceptors (Lipinski definition) is 5. The maximum atomic E-state index is 14.3. The van der Waals surface area contributed by atoms with Crippen LogP contribution in [0.25, 0.3) is 10.9 Å². The lowest BCUT2D eigenvalue weighted by Crippen LogP contribution is -2.38. The first-order chi connectivity index (χ1) is 11.1. The average molecular weight is 319 g/mol. The Morgan fingerprint density at radius 3 is 2.78 bits per heavy atom.